The minimum atomic E-state index is -1.01. The van der Waals surface area contributed by atoms with Gasteiger partial charge in [-0.1, -0.05) is 45.0 Å². The molecular weight excluding hydrogens is 268 g/mol. The van der Waals surface area contributed by atoms with Crippen molar-refractivity contribution in [2.75, 3.05) is 0 Å². The van der Waals surface area contributed by atoms with Crippen LogP contribution < -0.4 is 10.6 Å². The summed E-state index contributed by atoms with van der Waals surface area (Å²) >= 11 is 0. The maximum Gasteiger partial charge on any atom is 0.326 e. The SMILES string of the molecule is CC(C)(C)C(NC(=O)C1Cc2ccccc2CN1)C(=O)O. The average molecular weight is 290 g/mol. The van der Waals surface area contributed by atoms with Gasteiger partial charge in [-0.2, -0.15) is 0 Å². The molecule has 2 unspecified atom stereocenters. The van der Waals surface area contributed by atoms with Crippen LogP contribution in [0, 0.1) is 5.41 Å². The number of hydrogen-bond acceptors (Lipinski definition) is 3. The first-order valence-electron chi connectivity index (χ1n) is 7.12. The van der Waals surface area contributed by atoms with E-state index in [0.717, 1.165) is 5.56 Å². The third-order valence-corrected chi connectivity index (χ3v) is 3.80. The summed E-state index contributed by atoms with van der Waals surface area (Å²) in [6.07, 6.45) is 0.582. The standard InChI is InChI=1S/C16H22N2O3/c1-16(2,3)13(15(20)21)18-14(19)12-8-10-6-4-5-7-11(10)9-17-12/h4-7,12-13,17H,8-9H2,1-3H3,(H,18,19)(H,20,21). The summed E-state index contributed by atoms with van der Waals surface area (Å²) in [7, 11) is 0. The van der Waals surface area contributed by atoms with Crippen LogP contribution in [0.15, 0.2) is 24.3 Å². The maximum absolute atomic E-state index is 12.3. The maximum atomic E-state index is 12.3. The number of carbonyl (C=O) groups excluding carboxylic acids is 1. The third kappa shape index (κ3) is 3.61. The van der Waals surface area contributed by atoms with Gasteiger partial charge in [0, 0.05) is 6.54 Å². The highest BCUT2D eigenvalue weighted by molar-refractivity contribution is 5.87. The molecule has 5 nitrogen and oxygen atoms in total. The fraction of sp³-hybridized carbons (Fsp3) is 0.500. The lowest BCUT2D eigenvalue weighted by molar-refractivity contribution is -0.145. The van der Waals surface area contributed by atoms with E-state index >= 15 is 0 Å². The third-order valence-electron chi connectivity index (χ3n) is 3.80. The molecule has 0 spiro atoms. The fourth-order valence-electron chi connectivity index (χ4n) is 2.53. The van der Waals surface area contributed by atoms with Gasteiger partial charge in [-0.15, -0.1) is 0 Å². The van der Waals surface area contributed by atoms with Crippen LogP contribution in [-0.4, -0.2) is 29.1 Å². The molecule has 1 aromatic rings. The van der Waals surface area contributed by atoms with E-state index in [0.29, 0.717) is 13.0 Å². The lowest BCUT2D eigenvalue weighted by Crippen LogP contribution is -2.55. The van der Waals surface area contributed by atoms with E-state index in [4.69, 9.17) is 0 Å². The molecule has 114 valence electrons. The van der Waals surface area contributed by atoms with E-state index in [2.05, 4.69) is 10.6 Å². The van der Waals surface area contributed by atoms with Crippen molar-refractivity contribution >= 4 is 11.9 Å². The zero-order valence-corrected chi connectivity index (χ0v) is 12.6. The van der Waals surface area contributed by atoms with Crippen LogP contribution in [0.2, 0.25) is 0 Å². The fourth-order valence-corrected chi connectivity index (χ4v) is 2.53. The Kier molecular flexibility index (Phi) is 4.32. The van der Waals surface area contributed by atoms with Gasteiger partial charge >= 0.3 is 5.97 Å². The molecule has 21 heavy (non-hydrogen) atoms. The van der Waals surface area contributed by atoms with E-state index in [1.807, 2.05) is 24.3 Å². The molecule has 3 N–H and O–H groups in total. The molecule has 0 bridgehead atoms. The number of benzene rings is 1. The predicted octanol–water partition coefficient (Wildman–Crippen LogP) is 1.32. The highest BCUT2D eigenvalue weighted by Crippen LogP contribution is 2.21. The number of fused-ring (bicyclic) bond motifs is 1. The van der Waals surface area contributed by atoms with Crippen molar-refractivity contribution in [3.8, 4) is 0 Å². The number of rotatable bonds is 3. The van der Waals surface area contributed by atoms with E-state index in [1.54, 1.807) is 20.8 Å². The Bertz CT molecular complexity index is 549. The summed E-state index contributed by atoms with van der Waals surface area (Å²) in [5.41, 5.74) is 1.79. The van der Waals surface area contributed by atoms with Crippen LogP contribution in [0.3, 0.4) is 0 Å². The molecule has 0 fully saturated rings. The largest absolute Gasteiger partial charge is 0.480 e. The van der Waals surface area contributed by atoms with Gasteiger partial charge in [0.1, 0.15) is 6.04 Å². The Balaban J connectivity index is 2.06. The number of carboxylic acids is 1. The second kappa shape index (κ2) is 5.85. The topological polar surface area (TPSA) is 78.4 Å². The van der Waals surface area contributed by atoms with Gasteiger partial charge in [0.15, 0.2) is 0 Å². The molecule has 0 radical (unpaired) electrons. The first kappa shape index (κ1) is 15.5. The van der Waals surface area contributed by atoms with Gasteiger partial charge in [-0.05, 0) is 23.0 Å². The Hall–Kier alpha value is -1.88. The van der Waals surface area contributed by atoms with Crippen molar-refractivity contribution in [2.24, 2.45) is 5.41 Å². The average Bonchev–Trinajstić information content (AvgIpc) is 2.42. The molecule has 1 amide bonds. The van der Waals surface area contributed by atoms with E-state index in [1.165, 1.54) is 5.56 Å². The second-order valence-electron chi connectivity index (χ2n) is 6.55. The normalized spacial score (nSPS) is 19.5. The summed E-state index contributed by atoms with van der Waals surface area (Å²) in [5, 5.41) is 15.1. The van der Waals surface area contributed by atoms with Crippen molar-refractivity contribution in [1.82, 2.24) is 10.6 Å². The number of carbonyl (C=O) groups is 2. The first-order valence-corrected chi connectivity index (χ1v) is 7.12. The van der Waals surface area contributed by atoms with Crippen LogP contribution in [-0.2, 0) is 22.6 Å². The molecule has 0 saturated heterocycles. The summed E-state index contributed by atoms with van der Waals surface area (Å²) < 4.78 is 0. The highest BCUT2D eigenvalue weighted by atomic mass is 16.4. The van der Waals surface area contributed by atoms with Crippen molar-refractivity contribution in [3.63, 3.8) is 0 Å². The Morgan fingerprint density at radius 3 is 2.48 bits per heavy atom. The minimum Gasteiger partial charge on any atom is -0.480 e. The molecule has 0 saturated carbocycles. The first-order chi connectivity index (χ1) is 9.79. The van der Waals surface area contributed by atoms with Gasteiger partial charge in [-0.25, -0.2) is 4.79 Å². The minimum absolute atomic E-state index is 0.258. The molecule has 5 heteroatoms. The molecule has 1 aliphatic rings. The van der Waals surface area contributed by atoms with Gasteiger partial charge in [0.05, 0.1) is 6.04 Å². The lowest BCUT2D eigenvalue weighted by atomic mass is 9.86. The molecule has 0 aromatic heterocycles. The Labute approximate surface area is 124 Å². The van der Waals surface area contributed by atoms with Crippen molar-refractivity contribution in [3.05, 3.63) is 35.4 Å². The molecular formula is C16H22N2O3. The summed E-state index contributed by atoms with van der Waals surface area (Å²) in [4.78, 5) is 23.7. The number of amides is 1. The van der Waals surface area contributed by atoms with Gasteiger partial charge in [0.2, 0.25) is 5.91 Å². The summed E-state index contributed by atoms with van der Waals surface area (Å²) in [6, 6.07) is 6.68. The monoisotopic (exact) mass is 290 g/mol. The number of aliphatic carboxylic acids is 1. The highest BCUT2D eigenvalue weighted by Gasteiger charge is 2.35. The molecule has 1 heterocycles. The van der Waals surface area contributed by atoms with Gasteiger partial charge < -0.3 is 15.7 Å². The second-order valence-corrected chi connectivity index (χ2v) is 6.55. The summed E-state index contributed by atoms with van der Waals surface area (Å²) in [5.74, 6) is -1.26. The molecule has 1 aromatic carbocycles. The van der Waals surface area contributed by atoms with E-state index in [9.17, 15) is 14.7 Å². The van der Waals surface area contributed by atoms with E-state index in [-0.39, 0.29) is 11.9 Å². The van der Waals surface area contributed by atoms with Crippen LogP contribution in [0.5, 0.6) is 0 Å². The van der Waals surface area contributed by atoms with Gasteiger partial charge in [0.25, 0.3) is 0 Å². The lowest BCUT2D eigenvalue weighted by Gasteiger charge is -2.31. The zero-order valence-electron chi connectivity index (χ0n) is 12.6. The van der Waals surface area contributed by atoms with Crippen LogP contribution >= 0.6 is 0 Å². The zero-order chi connectivity index (χ0) is 15.6. The van der Waals surface area contributed by atoms with Crippen LogP contribution in [0.1, 0.15) is 31.9 Å². The predicted molar refractivity (Wildman–Crippen MR) is 79.8 cm³/mol. The summed E-state index contributed by atoms with van der Waals surface area (Å²) in [6.45, 7) is 6.03. The number of hydrogen-bond donors (Lipinski definition) is 3. The Morgan fingerprint density at radius 1 is 1.29 bits per heavy atom. The molecule has 1 aliphatic heterocycles. The van der Waals surface area contributed by atoms with Crippen LogP contribution in [0.25, 0.3) is 0 Å². The molecule has 2 rings (SSSR count). The molecule has 2 atom stereocenters. The van der Waals surface area contributed by atoms with Crippen LogP contribution in [0.4, 0.5) is 0 Å². The van der Waals surface area contributed by atoms with Crippen molar-refractivity contribution in [1.29, 1.82) is 0 Å². The quantitative estimate of drug-likeness (QED) is 0.784. The van der Waals surface area contributed by atoms with Crippen molar-refractivity contribution in [2.45, 2.75) is 45.8 Å². The van der Waals surface area contributed by atoms with Crippen molar-refractivity contribution < 1.29 is 14.7 Å². The molecule has 0 aliphatic carbocycles. The smallest absolute Gasteiger partial charge is 0.326 e. The number of carboxylic acid groups (broad SMARTS) is 1. The van der Waals surface area contributed by atoms with Gasteiger partial charge in [-0.3, -0.25) is 4.79 Å². The Morgan fingerprint density at radius 2 is 1.90 bits per heavy atom. The van der Waals surface area contributed by atoms with E-state index < -0.39 is 17.4 Å². The number of nitrogens with one attached hydrogen (secondary N) is 2.